The molecule has 1 fully saturated rings. The molecule has 4 heteroatoms. The van der Waals surface area contributed by atoms with E-state index in [2.05, 4.69) is 16.8 Å². The molecule has 1 aliphatic rings. The Balaban J connectivity index is 2.12. The van der Waals surface area contributed by atoms with Crippen LogP contribution in [0.4, 0.5) is 5.82 Å². The van der Waals surface area contributed by atoms with Crippen LogP contribution in [0.1, 0.15) is 19.0 Å². The lowest BCUT2D eigenvalue weighted by molar-refractivity contribution is 0.102. The van der Waals surface area contributed by atoms with Gasteiger partial charge < -0.3 is 15.7 Å². The maximum absolute atomic E-state index is 9.84. The Labute approximate surface area is 96.1 Å². The molecule has 2 atom stereocenters. The Kier molecular flexibility index (Phi) is 3.41. The molecule has 16 heavy (non-hydrogen) atoms. The second kappa shape index (κ2) is 4.80. The standard InChI is InChI=1S/C12H19N3O/c1-9-5-6-15(8-11(9)16)12-4-2-3-10(7-13)14-12/h2-4,9,11,16H,5-8,13H2,1H3. The van der Waals surface area contributed by atoms with E-state index in [-0.39, 0.29) is 6.10 Å². The minimum absolute atomic E-state index is 0.253. The fourth-order valence-corrected chi connectivity index (χ4v) is 2.01. The molecular weight excluding hydrogens is 202 g/mol. The summed E-state index contributed by atoms with van der Waals surface area (Å²) in [5.41, 5.74) is 6.46. The third-order valence-corrected chi connectivity index (χ3v) is 3.24. The molecule has 1 aromatic heterocycles. The SMILES string of the molecule is CC1CCN(c2cccc(CN)n2)CC1O. The predicted octanol–water partition coefficient (Wildman–Crippen LogP) is 0.747. The first kappa shape index (κ1) is 11.4. The molecule has 0 aromatic carbocycles. The summed E-state index contributed by atoms with van der Waals surface area (Å²) in [6, 6.07) is 5.86. The number of rotatable bonds is 2. The summed E-state index contributed by atoms with van der Waals surface area (Å²) >= 11 is 0. The lowest BCUT2D eigenvalue weighted by Gasteiger charge is -2.35. The zero-order valence-corrected chi connectivity index (χ0v) is 9.63. The summed E-state index contributed by atoms with van der Waals surface area (Å²) in [5, 5.41) is 9.84. The van der Waals surface area contributed by atoms with Gasteiger partial charge in [-0.15, -0.1) is 0 Å². The fraction of sp³-hybridized carbons (Fsp3) is 0.583. The van der Waals surface area contributed by atoms with Crippen LogP contribution >= 0.6 is 0 Å². The maximum atomic E-state index is 9.84. The van der Waals surface area contributed by atoms with Crippen LogP contribution in [0.2, 0.25) is 0 Å². The van der Waals surface area contributed by atoms with E-state index in [1.807, 2.05) is 18.2 Å². The van der Waals surface area contributed by atoms with Gasteiger partial charge in [0, 0.05) is 19.6 Å². The Morgan fingerprint density at radius 3 is 3.06 bits per heavy atom. The van der Waals surface area contributed by atoms with Crippen molar-refractivity contribution in [1.82, 2.24) is 4.98 Å². The van der Waals surface area contributed by atoms with Crippen molar-refractivity contribution in [2.24, 2.45) is 11.7 Å². The molecular formula is C12H19N3O. The molecule has 0 radical (unpaired) electrons. The molecule has 3 N–H and O–H groups in total. The van der Waals surface area contributed by atoms with Crippen LogP contribution in [0.5, 0.6) is 0 Å². The number of aliphatic hydroxyl groups excluding tert-OH is 1. The summed E-state index contributed by atoms with van der Waals surface area (Å²) in [7, 11) is 0. The van der Waals surface area contributed by atoms with Gasteiger partial charge in [-0.1, -0.05) is 13.0 Å². The van der Waals surface area contributed by atoms with E-state index in [1.165, 1.54) is 0 Å². The summed E-state index contributed by atoms with van der Waals surface area (Å²) in [6.45, 7) is 4.17. The van der Waals surface area contributed by atoms with Crippen LogP contribution in [0, 0.1) is 5.92 Å². The molecule has 1 aromatic rings. The van der Waals surface area contributed by atoms with Crippen LogP contribution in [-0.4, -0.2) is 29.3 Å². The molecule has 2 unspecified atom stereocenters. The van der Waals surface area contributed by atoms with Crippen LogP contribution in [-0.2, 0) is 6.54 Å². The van der Waals surface area contributed by atoms with E-state index in [0.29, 0.717) is 19.0 Å². The summed E-state index contributed by atoms with van der Waals surface area (Å²) in [6.07, 6.45) is 0.757. The van der Waals surface area contributed by atoms with Crippen molar-refractivity contribution in [2.45, 2.75) is 26.0 Å². The Bertz CT molecular complexity index is 356. The van der Waals surface area contributed by atoms with Crippen LogP contribution < -0.4 is 10.6 Å². The third kappa shape index (κ3) is 2.33. The zero-order chi connectivity index (χ0) is 11.5. The highest BCUT2D eigenvalue weighted by atomic mass is 16.3. The second-order valence-electron chi connectivity index (χ2n) is 4.47. The Hall–Kier alpha value is -1.13. The Morgan fingerprint density at radius 2 is 2.38 bits per heavy atom. The molecule has 4 nitrogen and oxygen atoms in total. The van der Waals surface area contributed by atoms with Gasteiger partial charge in [0.25, 0.3) is 0 Å². The van der Waals surface area contributed by atoms with Gasteiger partial charge in [0.05, 0.1) is 11.8 Å². The highest BCUT2D eigenvalue weighted by Gasteiger charge is 2.24. The van der Waals surface area contributed by atoms with Crippen molar-refractivity contribution >= 4 is 5.82 Å². The van der Waals surface area contributed by atoms with Gasteiger partial charge in [0.2, 0.25) is 0 Å². The van der Waals surface area contributed by atoms with Crippen LogP contribution in [0.15, 0.2) is 18.2 Å². The molecule has 2 rings (SSSR count). The van der Waals surface area contributed by atoms with E-state index in [1.54, 1.807) is 0 Å². The van der Waals surface area contributed by atoms with Crippen molar-refractivity contribution in [1.29, 1.82) is 0 Å². The number of hydrogen-bond donors (Lipinski definition) is 2. The topological polar surface area (TPSA) is 62.4 Å². The number of β-amino-alcohol motifs (C(OH)–C–C–N with tert-alkyl or cyclic N) is 1. The summed E-state index contributed by atoms with van der Waals surface area (Å²) in [5.74, 6) is 1.31. The number of anilines is 1. The average molecular weight is 221 g/mol. The quantitative estimate of drug-likeness (QED) is 0.773. The monoisotopic (exact) mass is 221 g/mol. The van der Waals surface area contributed by atoms with Crippen molar-refractivity contribution in [3.8, 4) is 0 Å². The molecule has 88 valence electrons. The van der Waals surface area contributed by atoms with E-state index in [4.69, 9.17) is 5.73 Å². The largest absolute Gasteiger partial charge is 0.391 e. The van der Waals surface area contributed by atoms with E-state index >= 15 is 0 Å². The van der Waals surface area contributed by atoms with Gasteiger partial charge in [0.15, 0.2) is 0 Å². The van der Waals surface area contributed by atoms with Gasteiger partial charge in [-0.25, -0.2) is 4.98 Å². The first-order chi connectivity index (χ1) is 7.70. The molecule has 0 aliphatic carbocycles. The molecule has 0 bridgehead atoms. The predicted molar refractivity (Wildman–Crippen MR) is 64.1 cm³/mol. The average Bonchev–Trinajstić information content (AvgIpc) is 2.33. The minimum Gasteiger partial charge on any atom is -0.391 e. The highest BCUT2D eigenvalue weighted by Crippen LogP contribution is 2.21. The van der Waals surface area contributed by atoms with Gasteiger partial charge in [-0.05, 0) is 24.5 Å². The summed E-state index contributed by atoms with van der Waals surface area (Å²) < 4.78 is 0. The van der Waals surface area contributed by atoms with Gasteiger partial charge >= 0.3 is 0 Å². The second-order valence-corrected chi connectivity index (χ2v) is 4.47. The van der Waals surface area contributed by atoms with Crippen molar-refractivity contribution < 1.29 is 5.11 Å². The first-order valence-corrected chi connectivity index (χ1v) is 5.79. The number of nitrogens with two attached hydrogens (primary N) is 1. The van der Waals surface area contributed by atoms with Gasteiger partial charge in [0.1, 0.15) is 5.82 Å². The fourth-order valence-electron chi connectivity index (χ4n) is 2.01. The normalized spacial score (nSPS) is 25.8. The number of aromatic nitrogens is 1. The molecule has 0 saturated carbocycles. The van der Waals surface area contributed by atoms with Crippen molar-refractivity contribution in [2.75, 3.05) is 18.0 Å². The molecule has 0 spiro atoms. The maximum Gasteiger partial charge on any atom is 0.128 e. The van der Waals surface area contributed by atoms with Gasteiger partial charge in [-0.2, -0.15) is 0 Å². The van der Waals surface area contributed by atoms with E-state index in [9.17, 15) is 5.11 Å². The number of aliphatic hydroxyl groups is 1. The Morgan fingerprint density at radius 1 is 1.56 bits per heavy atom. The molecule has 1 saturated heterocycles. The lowest BCUT2D eigenvalue weighted by atomic mass is 9.96. The number of piperidine rings is 1. The minimum atomic E-state index is -0.253. The number of hydrogen-bond acceptors (Lipinski definition) is 4. The smallest absolute Gasteiger partial charge is 0.128 e. The molecule has 2 heterocycles. The zero-order valence-electron chi connectivity index (χ0n) is 9.63. The molecule has 0 amide bonds. The van der Waals surface area contributed by atoms with Gasteiger partial charge in [-0.3, -0.25) is 0 Å². The van der Waals surface area contributed by atoms with E-state index < -0.39 is 0 Å². The number of pyridine rings is 1. The van der Waals surface area contributed by atoms with Crippen LogP contribution in [0.3, 0.4) is 0 Å². The third-order valence-electron chi connectivity index (χ3n) is 3.24. The van der Waals surface area contributed by atoms with Crippen molar-refractivity contribution in [3.63, 3.8) is 0 Å². The summed E-state index contributed by atoms with van der Waals surface area (Å²) in [4.78, 5) is 6.59. The first-order valence-electron chi connectivity index (χ1n) is 5.79. The van der Waals surface area contributed by atoms with Crippen molar-refractivity contribution in [3.05, 3.63) is 23.9 Å². The number of nitrogens with zero attached hydrogens (tertiary/aromatic N) is 2. The van der Waals surface area contributed by atoms with Crippen LogP contribution in [0.25, 0.3) is 0 Å². The lowest BCUT2D eigenvalue weighted by Crippen LogP contribution is -2.43. The molecule has 1 aliphatic heterocycles. The van der Waals surface area contributed by atoms with E-state index in [0.717, 1.165) is 24.5 Å². The highest BCUT2D eigenvalue weighted by molar-refractivity contribution is 5.40.